The molecule has 0 bridgehead atoms. The van der Waals surface area contributed by atoms with Crippen molar-refractivity contribution in [2.75, 3.05) is 13.7 Å². The lowest BCUT2D eigenvalue weighted by atomic mass is 9.97. The zero-order chi connectivity index (χ0) is 19.6. The standard InChI is InChI=1S/C23H24N2O3/c1-28-15-23(11-2-3-12-23)25-21(26)17-6-4-16(5-7-17)18-8-9-20-19(14-18)10-13-24-22(20)27/h4-10,13-14H,2-3,11-12,15H2,1H3,(H,24,27)(H,25,26). The summed E-state index contributed by atoms with van der Waals surface area (Å²) in [7, 11) is 1.68. The Kier molecular flexibility index (Phi) is 5.01. The topological polar surface area (TPSA) is 71.2 Å². The van der Waals surface area contributed by atoms with Gasteiger partial charge in [-0.15, -0.1) is 0 Å². The third-order valence-electron chi connectivity index (χ3n) is 5.61. The molecule has 28 heavy (non-hydrogen) atoms. The van der Waals surface area contributed by atoms with Crippen molar-refractivity contribution in [3.8, 4) is 11.1 Å². The van der Waals surface area contributed by atoms with Crippen molar-refractivity contribution in [3.63, 3.8) is 0 Å². The van der Waals surface area contributed by atoms with Crippen LogP contribution in [0.15, 0.2) is 59.5 Å². The van der Waals surface area contributed by atoms with Crippen molar-refractivity contribution < 1.29 is 9.53 Å². The van der Waals surface area contributed by atoms with Gasteiger partial charge in [0.25, 0.3) is 11.5 Å². The first-order valence-corrected chi connectivity index (χ1v) is 9.64. The van der Waals surface area contributed by atoms with Gasteiger partial charge in [0.1, 0.15) is 0 Å². The Hall–Kier alpha value is -2.92. The molecule has 1 amide bonds. The van der Waals surface area contributed by atoms with Crippen LogP contribution in [0.1, 0.15) is 36.0 Å². The smallest absolute Gasteiger partial charge is 0.255 e. The fraction of sp³-hybridized carbons (Fsp3) is 0.304. The maximum atomic E-state index is 12.7. The fourth-order valence-electron chi connectivity index (χ4n) is 4.13. The molecule has 2 N–H and O–H groups in total. The molecule has 5 heteroatoms. The number of hydrogen-bond donors (Lipinski definition) is 2. The van der Waals surface area contributed by atoms with Gasteiger partial charge in [-0.25, -0.2) is 0 Å². The van der Waals surface area contributed by atoms with E-state index in [0.717, 1.165) is 42.2 Å². The van der Waals surface area contributed by atoms with Gasteiger partial charge in [0.15, 0.2) is 0 Å². The highest BCUT2D eigenvalue weighted by molar-refractivity contribution is 5.95. The lowest BCUT2D eigenvalue weighted by Gasteiger charge is -2.29. The number of methoxy groups -OCH3 is 1. The summed E-state index contributed by atoms with van der Waals surface area (Å²) >= 11 is 0. The van der Waals surface area contributed by atoms with Crippen LogP contribution < -0.4 is 10.9 Å². The van der Waals surface area contributed by atoms with Crippen molar-refractivity contribution in [2.24, 2.45) is 0 Å². The number of rotatable bonds is 5. The maximum Gasteiger partial charge on any atom is 0.255 e. The Labute approximate surface area is 163 Å². The summed E-state index contributed by atoms with van der Waals surface area (Å²) in [5.41, 5.74) is 2.33. The number of carbonyl (C=O) groups excluding carboxylic acids is 1. The molecular weight excluding hydrogens is 352 g/mol. The Morgan fingerprint density at radius 3 is 2.50 bits per heavy atom. The zero-order valence-corrected chi connectivity index (χ0v) is 16.0. The fourth-order valence-corrected chi connectivity index (χ4v) is 4.13. The average molecular weight is 376 g/mol. The summed E-state index contributed by atoms with van der Waals surface area (Å²) < 4.78 is 5.35. The second kappa shape index (κ2) is 7.60. The molecule has 0 saturated heterocycles. The Morgan fingerprint density at radius 2 is 1.79 bits per heavy atom. The minimum Gasteiger partial charge on any atom is -0.382 e. The van der Waals surface area contributed by atoms with Crippen LogP contribution in [-0.4, -0.2) is 30.1 Å². The Morgan fingerprint density at radius 1 is 1.07 bits per heavy atom. The third kappa shape index (κ3) is 3.58. The van der Waals surface area contributed by atoms with E-state index in [2.05, 4.69) is 10.3 Å². The van der Waals surface area contributed by atoms with E-state index in [1.165, 1.54) is 0 Å². The summed E-state index contributed by atoms with van der Waals surface area (Å²) in [4.78, 5) is 27.3. The molecule has 1 fully saturated rings. The highest BCUT2D eigenvalue weighted by Gasteiger charge is 2.35. The zero-order valence-electron chi connectivity index (χ0n) is 16.0. The number of pyridine rings is 1. The van der Waals surface area contributed by atoms with E-state index in [0.29, 0.717) is 17.6 Å². The molecule has 0 atom stereocenters. The van der Waals surface area contributed by atoms with Crippen molar-refractivity contribution in [1.29, 1.82) is 0 Å². The van der Waals surface area contributed by atoms with E-state index >= 15 is 0 Å². The predicted octanol–water partition coefficient (Wildman–Crippen LogP) is 3.88. The van der Waals surface area contributed by atoms with Gasteiger partial charge in [0.2, 0.25) is 0 Å². The van der Waals surface area contributed by atoms with E-state index in [-0.39, 0.29) is 17.0 Å². The SMILES string of the molecule is COCC1(NC(=O)c2ccc(-c3ccc4c(=O)[nH]ccc4c3)cc2)CCCC1. The number of hydrogen-bond acceptors (Lipinski definition) is 3. The summed E-state index contributed by atoms with van der Waals surface area (Å²) in [5.74, 6) is -0.0597. The second-order valence-electron chi connectivity index (χ2n) is 7.56. The second-order valence-corrected chi connectivity index (χ2v) is 7.56. The molecule has 1 aromatic heterocycles. The van der Waals surface area contributed by atoms with E-state index < -0.39 is 0 Å². The molecule has 144 valence electrons. The molecule has 0 radical (unpaired) electrons. The number of nitrogens with one attached hydrogen (secondary N) is 2. The Bertz CT molecular complexity index is 1050. The van der Waals surface area contributed by atoms with Crippen LogP contribution in [0.2, 0.25) is 0 Å². The van der Waals surface area contributed by atoms with Crippen molar-refractivity contribution in [1.82, 2.24) is 10.3 Å². The first-order chi connectivity index (χ1) is 13.6. The van der Waals surface area contributed by atoms with Gasteiger partial charge >= 0.3 is 0 Å². The monoisotopic (exact) mass is 376 g/mol. The number of amides is 1. The van der Waals surface area contributed by atoms with Crippen LogP contribution in [0.5, 0.6) is 0 Å². The molecule has 4 rings (SSSR count). The molecular formula is C23H24N2O3. The van der Waals surface area contributed by atoms with E-state index in [9.17, 15) is 9.59 Å². The lowest BCUT2D eigenvalue weighted by molar-refractivity contribution is 0.0767. The number of benzene rings is 2. The number of fused-ring (bicyclic) bond motifs is 1. The minimum atomic E-state index is -0.240. The van der Waals surface area contributed by atoms with Gasteiger partial charge in [-0.05, 0) is 59.7 Å². The van der Waals surface area contributed by atoms with Crippen LogP contribution in [0.4, 0.5) is 0 Å². The Balaban J connectivity index is 1.55. The minimum absolute atomic E-state index is 0.0597. The van der Waals surface area contributed by atoms with Crippen LogP contribution in [-0.2, 0) is 4.74 Å². The quantitative estimate of drug-likeness (QED) is 0.710. The van der Waals surface area contributed by atoms with Gasteiger partial charge in [0.05, 0.1) is 12.1 Å². The number of aromatic amines is 1. The number of H-pyrrole nitrogens is 1. The lowest BCUT2D eigenvalue weighted by Crippen LogP contribution is -2.49. The van der Waals surface area contributed by atoms with Crippen molar-refractivity contribution >= 4 is 16.7 Å². The highest BCUT2D eigenvalue weighted by Crippen LogP contribution is 2.30. The normalized spacial score (nSPS) is 15.6. The van der Waals surface area contributed by atoms with E-state index in [4.69, 9.17) is 4.74 Å². The van der Waals surface area contributed by atoms with Crippen molar-refractivity contribution in [2.45, 2.75) is 31.2 Å². The van der Waals surface area contributed by atoms with Gasteiger partial charge in [0, 0.05) is 24.3 Å². The summed E-state index contributed by atoms with van der Waals surface area (Å²) in [6.45, 7) is 0.549. The largest absolute Gasteiger partial charge is 0.382 e. The summed E-state index contributed by atoms with van der Waals surface area (Å²) in [6, 6.07) is 15.2. The van der Waals surface area contributed by atoms with Crippen molar-refractivity contribution in [3.05, 3.63) is 70.6 Å². The molecule has 1 saturated carbocycles. The molecule has 0 unspecified atom stereocenters. The molecule has 1 aliphatic carbocycles. The van der Waals surface area contributed by atoms with Crippen LogP contribution >= 0.6 is 0 Å². The predicted molar refractivity (Wildman–Crippen MR) is 111 cm³/mol. The molecule has 1 heterocycles. The number of ether oxygens (including phenoxy) is 1. The van der Waals surface area contributed by atoms with Crippen LogP contribution in [0.3, 0.4) is 0 Å². The van der Waals surface area contributed by atoms with Gasteiger partial charge in [-0.3, -0.25) is 9.59 Å². The molecule has 3 aromatic rings. The number of aromatic nitrogens is 1. The van der Waals surface area contributed by atoms with Crippen LogP contribution in [0, 0.1) is 0 Å². The average Bonchev–Trinajstić information content (AvgIpc) is 3.16. The van der Waals surface area contributed by atoms with Gasteiger partial charge in [-0.1, -0.05) is 31.0 Å². The maximum absolute atomic E-state index is 12.7. The highest BCUT2D eigenvalue weighted by atomic mass is 16.5. The first-order valence-electron chi connectivity index (χ1n) is 9.64. The molecule has 1 aliphatic rings. The summed E-state index contributed by atoms with van der Waals surface area (Å²) in [6.07, 6.45) is 5.81. The van der Waals surface area contributed by atoms with Crippen LogP contribution in [0.25, 0.3) is 21.9 Å². The molecule has 0 aliphatic heterocycles. The number of carbonyl (C=O) groups is 1. The third-order valence-corrected chi connectivity index (χ3v) is 5.61. The first kappa shape index (κ1) is 18.4. The van der Waals surface area contributed by atoms with Gasteiger partial charge in [-0.2, -0.15) is 0 Å². The molecule has 5 nitrogen and oxygen atoms in total. The molecule has 0 spiro atoms. The molecule has 2 aromatic carbocycles. The summed E-state index contributed by atoms with van der Waals surface area (Å²) in [5, 5.41) is 4.76. The van der Waals surface area contributed by atoms with E-state index in [1.807, 2.05) is 48.5 Å². The van der Waals surface area contributed by atoms with E-state index in [1.54, 1.807) is 13.3 Å². The van der Waals surface area contributed by atoms with Gasteiger partial charge < -0.3 is 15.0 Å².